The normalized spacial score (nSPS) is 19.6. The van der Waals surface area contributed by atoms with Gasteiger partial charge < -0.3 is 9.80 Å². The van der Waals surface area contributed by atoms with Gasteiger partial charge in [0.25, 0.3) is 0 Å². The Morgan fingerprint density at radius 3 is 2.62 bits per heavy atom. The Labute approximate surface area is 128 Å². The van der Waals surface area contributed by atoms with E-state index in [1.54, 1.807) is 12.1 Å². The number of nitrogens with zero attached hydrogens (tertiary/aromatic N) is 2. The first-order valence-corrected chi connectivity index (χ1v) is 7.54. The lowest BCUT2D eigenvalue weighted by atomic mass is 10.1. The van der Waals surface area contributed by atoms with Crippen LogP contribution in [-0.2, 0) is 12.1 Å². The van der Waals surface area contributed by atoms with E-state index < -0.39 is 11.7 Å². The Balaban J connectivity index is 2.38. The molecule has 0 spiro atoms. The van der Waals surface area contributed by atoms with Crippen LogP contribution in [0.25, 0.3) is 0 Å². The van der Waals surface area contributed by atoms with Gasteiger partial charge in [-0.05, 0) is 44.6 Å². The van der Waals surface area contributed by atoms with Gasteiger partial charge in [0.05, 0.1) is 5.56 Å². The van der Waals surface area contributed by atoms with E-state index in [4.69, 9.17) is 11.6 Å². The number of anilines is 1. The molecule has 1 aliphatic heterocycles. The molecule has 0 bridgehead atoms. The SMILES string of the molecule is CN(C)CC1CCCN1c1ccc(CCl)cc1C(F)(F)F. The zero-order valence-electron chi connectivity index (χ0n) is 12.3. The molecule has 118 valence electrons. The van der Waals surface area contributed by atoms with Gasteiger partial charge in [-0.25, -0.2) is 0 Å². The number of alkyl halides is 4. The summed E-state index contributed by atoms with van der Waals surface area (Å²) in [7, 11) is 3.88. The van der Waals surface area contributed by atoms with Crippen molar-refractivity contribution in [1.29, 1.82) is 0 Å². The van der Waals surface area contributed by atoms with Crippen LogP contribution in [0.15, 0.2) is 18.2 Å². The van der Waals surface area contributed by atoms with Crippen LogP contribution in [-0.4, -0.2) is 38.1 Å². The lowest BCUT2D eigenvalue weighted by Gasteiger charge is -2.31. The minimum atomic E-state index is -4.36. The van der Waals surface area contributed by atoms with E-state index in [1.807, 2.05) is 23.9 Å². The van der Waals surface area contributed by atoms with Crippen LogP contribution < -0.4 is 4.90 Å². The number of rotatable bonds is 4. The lowest BCUT2D eigenvalue weighted by Crippen LogP contribution is -2.38. The van der Waals surface area contributed by atoms with E-state index in [-0.39, 0.29) is 17.6 Å². The highest BCUT2D eigenvalue weighted by Crippen LogP contribution is 2.39. The van der Waals surface area contributed by atoms with Crippen LogP contribution in [0.5, 0.6) is 0 Å². The number of likely N-dealkylation sites (N-methyl/N-ethyl adjacent to an activating group) is 1. The second-order valence-electron chi connectivity index (χ2n) is 5.73. The molecule has 2 nitrogen and oxygen atoms in total. The van der Waals surface area contributed by atoms with E-state index in [0.717, 1.165) is 19.4 Å². The van der Waals surface area contributed by atoms with Crippen molar-refractivity contribution in [3.05, 3.63) is 29.3 Å². The van der Waals surface area contributed by atoms with E-state index in [9.17, 15) is 13.2 Å². The molecule has 6 heteroatoms. The van der Waals surface area contributed by atoms with Crippen LogP contribution >= 0.6 is 11.6 Å². The summed E-state index contributed by atoms with van der Waals surface area (Å²) in [6.07, 6.45) is -2.51. The first-order valence-electron chi connectivity index (χ1n) is 7.00. The average molecular weight is 321 g/mol. The van der Waals surface area contributed by atoms with Crippen molar-refractivity contribution < 1.29 is 13.2 Å². The first-order chi connectivity index (χ1) is 9.82. The Bertz CT molecular complexity index is 488. The fourth-order valence-electron chi connectivity index (χ4n) is 2.91. The molecule has 0 aliphatic carbocycles. The van der Waals surface area contributed by atoms with Gasteiger partial charge in [0.15, 0.2) is 0 Å². The number of benzene rings is 1. The molecule has 0 saturated carbocycles. The topological polar surface area (TPSA) is 6.48 Å². The molecule has 1 aliphatic rings. The van der Waals surface area contributed by atoms with Gasteiger partial charge in [-0.3, -0.25) is 0 Å². The largest absolute Gasteiger partial charge is 0.418 e. The second kappa shape index (κ2) is 6.44. The van der Waals surface area contributed by atoms with Crippen LogP contribution in [0.1, 0.15) is 24.0 Å². The summed E-state index contributed by atoms with van der Waals surface area (Å²) in [6.45, 7) is 1.43. The molecule has 1 saturated heterocycles. The summed E-state index contributed by atoms with van der Waals surface area (Å²) in [5, 5.41) is 0. The van der Waals surface area contributed by atoms with Gasteiger partial charge in [0.1, 0.15) is 0 Å². The highest BCUT2D eigenvalue weighted by atomic mass is 35.5. The minimum absolute atomic E-state index is 0.0878. The van der Waals surface area contributed by atoms with Crippen molar-refractivity contribution in [2.24, 2.45) is 0 Å². The van der Waals surface area contributed by atoms with Crippen LogP contribution in [0, 0.1) is 0 Å². The zero-order chi connectivity index (χ0) is 15.6. The molecule has 0 amide bonds. The molecular weight excluding hydrogens is 301 g/mol. The highest BCUT2D eigenvalue weighted by molar-refractivity contribution is 6.17. The third-order valence-corrected chi connectivity index (χ3v) is 4.09. The van der Waals surface area contributed by atoms with Gasteiger partial charge in [-0.2, -0.15) is 13.2 Å². The number of hydrogen-bond acceptors (Lipinski definition) is 2. The molecule has 1 heterocycles. The summed E-state index contributed by atoms with van der Waals surface area (Å²) < 4.78 is 40.0. The van der Waals surface area contributed by atoms with Gasteiger partial charge in [-0.1, -0.05) is 6.07 Å². The summed E-state index contributed by atoms with van der Waals surface area (Å²) in [5.41, 5.74) is 0.197. The molecule has 1 unspecified atom stereocenters. The van der Waals surface area contributed by atoms with E-state index in [0.29, 0.717) is 12.1 Å². The quantitative estimate of drug-likeness (QED) is 0.774. The first kappa shape index (κ1) is 16.4. The Morgan fingerprint density at radius 1 is 1.33 bits per heavy atom. The Morgan fingerprint density at radius 2 is 2.05 bits per heavy atom. The molecule has 0 N–H and O–H groups in total. The summed E-state index contributed by atoms with van der Waals surface area (Å²) in [6, 6.07) is 4.55. The van der Waals surface area contributed by atoms with Crippen molar-refractivity contribution in [1.82, 2.24) is 4.90 Å². The molecule has 0 radical (unpaired) electrons. The average Bonchev–Trinajstić information content (AvgIpc) is 2.84. The number of hydrogen-bond donors (Lipinski definition) is 0. The molecule has 0 aromatic heterocycles. The van der Waals surface area contributed by atoms with E-state index in [1.165, 1.54) is 6.07 Å². The fourth-order valence-corrected chi connectivity index (χ4v) is 3.07. The molecule has 1 atom stereocenters. The van der Waals surface area contributed by atoms with Crippen molar-refractivity contribution in [2.45, 2.75) is 30.9 Å². The summed E-state index contributed by atoms with van der Waals surface area (Å²) >= 11 is 5.67. The second-order valence-corrected chi connectivity index (χ2v) is 6.00. The Kier molecular flexibility index (Phi) is 5.04. The van der Waals surface area contributed by atoms with Crippen molar-refractivity contribution in [3.63, 3.8) is 0 Å². The smallest absolute Gasteiger partial charge is 0.367 e. The molecule has 21 heavy (non-hydrogen) atoms. The van der Waals surface area contributed by atoms with Gasteiger partial charge >= 0.3 is 6.18 Å². The molecule has 1 aromatic carbocycles. The highest BCUT2D eigenvalue weighted by Gasteiger charge is 2.37. The number of halogens is 4. The third-order valence-electron chi connectivity index (χ3n) is 3.78. The van der Waals surface area contributed by atoms with Crippen molar-refractivity contribution >= 4 is 17.3 Å². The maximum Gasteiger partial charge on any atom is 0.418 e. The fraction of sp³-hybridized carbons (Fsp3) is 0.600. The van der Waals surface area contributed by atoms with E-state index in [2.05, 4.69) is 0 Å². The molecule has 1 aromatic rings. The van der Waals surface area contributed by atoms with Crippen molar-refractivity contribution in [3.8, 4) is 0 Å². The van der Waals surface area contributed by atoms with Crippen LogP contribution in [0.2, 0.25) is 0 Å². The Hall–Kier alpha value is -0.940. The summed E-state index contributed by atoms with van der Waals surface area (Å²) in [4.78, 5) is 3.91. The predicted molar refractivity (Wildman–Crippen MR) is 79.9 cm³/mol. The monoisotopic (exact) mass is 320 g/mol. The van der Waals surface area contributed by atoms with Crippen LogP contribution in [0.3, 0.4) is 0 Å². The molecule has 2 rings (SSSR count). The minimum Gasteiger partial charge on any atom is -0.367 e. The predicted octanol–water partition coefficient (Wildman–Crippen LogP) is 3.97. The van der Waals surface area contributed by atoms with E-state index >= 15 is 0 Å². The maximum atomic E-state index is 13.3. The summed E-state index contributed by atoms with van der Waals surface area (Å²) in [5.74, 6) is 0.0878. The third kappa shape index (κ3) is 3.83. The van der Waals surface area contributed by atoms with Gasteiger partial charge in [-0.15, -0.1) is 11.6 Å². The zero-order valence-corrected chi connectivity index (χ0v) is 13.0. The van der Waals surface area contributed by atoms with Gasteiger partial charge in [0, 0.05) is 30.7 Å². The maximum absolute atomic E-state index is 13.3. The van der Waals surface area contributed by atoms with Gasteiger partial charge in [0.2, 0.25) is 0 Å². The molecular formula is C15H20ClF3N2. The molecule has 1 fully saturated rings. The van der Waals surface area contributed by atoms with Crippen LogP contribution in [0.4, 0.5) is 18.9 Å². The lowest BCUT2D eigenvalue weighted by molar-refractivity contribution is -0.137. The standard InChI is InChI=1S/C15H20ClF3N2/c1-20(2)10-12-4-3-7-21(12)14-6-5-11(9-16)8-13(14)15(17,18)19/h5-6,8,12H,3-4,7,9-10H2,1-2H3. The van der Waals surface area contributed by atoms with Crippen molar-refractivity contribution in [2.75, 3.05) is 32.1 Å².